The Morgan fingerprint density at radius 3 is 2.81 bits per heavy atom. The van der Waals surface area contributed by atoms with Gasteiger partial charge in [0.1, 0.15) is 0 Å². The zero-order chi connectivity index (χ0) is 11.8. The number of unbranched alkanes of at least 4 members (excludes halogenated alkanes) is 1. The highest BCUT2D eigenvalue weighted by atomic mass is 79.9. The quantitative estimate of drug-likeness (QED) is 0.594. The molecule has 4 heteroatoms. The van der Waals surface area contributed by atoms with Crippen LogP contribution in [-0.2, 0) is 5.33 Å². The Hall–Kier alpha value is -1.21. The number of nitriles is 1. The Labute approximate surface area is 104 Å². The van der Waals surface area contributed by atoms with Crippen LogP contribution in [0.4, 0.5) is 0 Å². The molecule has 3 nitrogen and oxygen atoms in total. The fourth-order valence-corrected chi connectivity index (χ4v) is 1.60. The van der Waals surface area contributed by atoms with Gasteiger partial charge in [-0.25, -0.2) is 0 Å². The van der Waals surface area contributed by atoms with E-state index in [9.17, 15) is 0 Å². The molecule has 1 aromatic carbocycles. The monoisotopic (exact) mass is 283 g/mol. The molecule has 0 aliphatic carbocycles. The minimum Gasteiger partial charge on any atom is -0.493 e. The highest BCUT2D eigenvalue weighted by Crippen LogP contribution is 2.28. The highest BCUT2D eigenvalue weighted by Gasteiger charge is 2.04. The first kappa shape index (κ1) is 12.9. The first-order chi connectivity index (χ1) is 7.81. The maximum absolute atomic E-state index is 8.40. The van der Waals surface area contributed by atoms with Crippen molar-refractivity contribution in [1.29, 1.82) is 5.26 Å². The first-order valence-corrected chi connectivity index (χ1v) is 6.16. The standard InChI is InChI=1S/C12H14BrNO2/c1-15-12-8-10(9-13)4-5-11(12)16-7-3-2-6-14/h4-5,8H,2-3,7,9H2,1H3. The van der Waals surface area contributed by atoms with Crippen LogP contribution in [0.5, 0.6) is 11.5 Å². The van der Waals surface area contributed by atoms with E-state index in [0.717, 1.165) is 28.8 Å². The molecule has 0 heterocycles. The molecule has 1 rings (SSSR count). The largest absolute Gasteiger partial charge is 0.493 e. The van der Waals surface area contributed by atoms with Crippen molar-refractivity contribution in [2.45, 2.75) is 18.2 Å². The molecule has 0 spiro atoms. The maximum atomic E-state index is 8.40. The molecular formula is C12H14BrNO2. The van der Waals surface area contributed by atoms with E-state index in [2.05, 4.69) is 22.0 Å². The van der Waals surface area contributed by atoms with E-state index in [1.165, 1.54) is 0 Å². The number of halogens is 1. The second-order valence-electron chi connectivity index (χ2n) is 3.23. The third-order valence-electron chi connectivity index (χ3n) is 2.07. The summed E-state index contributed by atoms with van der Waals surface area (Å²) < 4.78 is 10.8. The van der Waals surface area contributed by atoms with Crippen molar-refractivity contribution in [2.24, 2.45) is 0 Å². The first-order valence-electron chi connectivity index (χ1n) is 5.04. The van der Waals surface area contributed by atoms with Crippen LogP contribution < -0.4 is 9.47 Å². The summed E-state index contributed by atoms with van der Waals surface area (Å²) in [6.45, 7) is 0.539. The molecule has 0 N–H and O–H groups in total. The number of hydrogen-bond acceptors (Lipinski definition) is 3. The minimum atomic E-state index is 0.516. The van der Waals surface area contributed by atoms with Crippen LogP contribution >= 0.6 is 15.9 Å². The fourth-order valence-electron chi connectivity index (χ4n) is 1.25. The van der Waals surface area contributed by atoms with Crippen LogP contribution in [0.2, 0.25) is 0 Å². The molecule has 1 aromatic rings. The van der Waals surface area contributed by atoms with E-state index in [0.29, 0.717) is 13.0 Å². The topological polar surface area (TPSA) is 42.2 Å². The van der Waals surface area contributed by atoms with Crippen LogP contribution in [-0.4, -0.2) is 13.7 Å². The van der Waals surface area contributed by atoms with Crippen LogP contribution in [0, 0.1) is 11.3 Å². The van der Waals surface area contributed by atoms with Gasteiger partial charge < -0.3 is 9.47 Å². The predicted molar refractivity (Wildman–Crippen MR) is 66.0 cm³/mol. The molecule has 0 atom stereocenters. The zero-order valence-electron chi connectivity index (χ0n) is 9.20. The van der Waals surface area contributed by atoms with Gasteiger partial charge in [-0.15, -0.1) is 0 Å². The molecule has 0 saturated carbocycles. The number of benzene rings is 1. The van der Waals surface area contributed by atoms with Crippen LogP contribution in [0.1, 0.15) is 18.4 Å². The van der Waals surface area contributed by atoms with Gasteiger partial charge in [-0.1, -0.05) is 22.0 Å². The lowest BCUT2D eigenvalue weighted by atomic mass is 10.2. The number of nitrogens with zero attached hydrogens (tertiary/aromatic N) is 1. The van der Waals surface area contributed by atoms with E-state index >= 15 is 0 Å². The molecule has 0 saturated heterocycles. The molecule has 0 bridgehead atoms. The average molecular weight is 284 g/mol. The van der Waals surface area contributed by atoms with Gasteiger partial charge in [0.15, 0.2) is 11.5 Å². The van der Waals surface area contributed by atoms with Crippen molar-refractivity contribution in [3.63, 3.8) is 0 Å². The molecule has 0 radical (unpaired) electrons. The second kappa shape index (κ2) is 7.13. The molecule has 0 fully saturated rings. The maximum Gasteiger partial charge on any atom is 0.161 e. The van der Waals surface area contributed by atoms with Gasteiger partial charge in [0.2, 0.25) is 0 Å². The van der Waals surface area contributed by atoms with Crippen molar-refractivity contribution in [2.75, 3.05) is 13.7 Å². The zero-order valence-corrected chi connectivity index (χ0v) is 10.8. The van der Waals surface area contributed by atoms with E-state index in [-0.39, 0.29) is 0 Å². The Balaban J connectivity index is 2.61. The molecule has 0 aromatic heterocycles. The van der Waals surface area contributed by atoms with E-state index in [1.807, 2.05) is 18.2 Å². The Morgan fingerprint density at radius 1 is 1.38 bits per heavy atom. The van der Waals surface area contributed by atoms with Crippen LogP contribution in [0.3, 0.4) is 0 Å². The van der Waals surface area contributed by atoms with E-state index in [1.54, 1.807) is 7.11 Å². The lowest BCUT2D eigenvalue weighted by Crippen LogP contribution is -1.99. The number of methoxy groups -OCH3 is 1. The summed E-state index contributed by atoms with van der Waals surface area (Å²) in [4.78, 5) is 0. The van der Waals surface area contributed by atoms with Crippen LogP contribution in [0.15, 0.2) is 18.2 Å². The Morgan fingerprint density at radius 2 is 2.19 bits per heavy atom. The summed E-state index contributed by atoms with van der Waals surface area (Å²) in [5.41, 5.74) is 1.14. The molecule has 16 heavy (non-hydrogen) atoms. The normalized spacial score (nSPS) is 9.56. The minimum absolute atomic E-state index is 0.516. The van der Waals surface area contributed by atoms with Crippen molar-refractivity contribution < 1.29 is 9.47 Å². The van der Waals surface area contributed by atoms with Crippen molar-refractivity contribution >= 4 is 15.9 Å². The number of alkyl halides is 1. The smallest absolute Gasteiger partial charge is 0.161 e. The fraction of sp³-hybridized carbons (Fsp3) is 0.417. The van der Waals surface area contributed by atoms with Gasteiger partial charge in [-0.2, -0.15) is 5.26 Å². The van der Waals surface area contributed by atoms with Gasteiger partial charge >= 0.3 is 0 Å². The molecule has 0 aliphatic heterocycles. The number of hydrogen-bond donors (Lipinski definition) is 0. The summed E-state index contributed by atoms with van der Waals surface area (Å²) in [6.07, 6.45) is 1.25. The molecule has 86 valence electrons. The molecule has 0 amide bonds. The molecular weight excluding hydrogens is 270 g/mol. The summed E-state index contributed by atoms with van der Waals surface area (Å²) in [7, 11) is 1.62. The van der Waals surface area contributed by atoms with Gasteiger partial charge in [0.05, 0.1) is 19.8 Å². The van der Waals surface area contributed by atoms with Crippen LogP contribution in [0.25, 0.3) is 0 Å². The summed E-state index contributed by atoms with van der Waals surface area (Å²) in [6, 6.07) is 7.90. The molecule has 0 aliphatic rings. The Bertz CT molecular complexity index is 374. The summed E-state index contributed by atoms with van der Waals surface area (Å²) >= 11 is 3.39. The lowest BCUT2D eigenvalue weighted by Gasteiger charge is -2.10. The summed E-state index contributed by atoms with van der Waals surface area (Å²) in [5.74, 6) is 1.46. The number of ether oxygens (including phenoxy) is 2. The second-order valence-corrected chi connectivity index (χ2v) is 3.79. The van der Waals surface area contributed by atoms with Crippen molar-refractivity contribution in [3.05, 3.63) is 23.8 Å². The van der Waals surface area contributed by atoms with Gasteiger partial charge in [-0.05, 0) is 24.1 Å². The predicted octanol–water partition coefficient (Wildman–Crippen LogP) is 3.27. The number of rotatable bonds is 6. The average Bonchev–Trinajstić information content (AvgIpc) is 2.34. The van der Waals surface area contributed by atoms with E-state index in [4.69, 9.17) is 14.7 Å². The van der Waals surface area contributed by atoms with Gasteiger partial charge in [0.25, 0.3) is 0 Å². The molecule has 0 unspecified atom stereocenters. The van der Waals surface area contributed by atoms with E-state index < -0.39 is 0 Å². The third kappa shape index (κ3) is 3.74. The highest BCUT2D eigenvalue weighted by molar-refractivity contribution is 9.08. The van der Waals surface area contributed by atoms with Crippen molar-refractivity contribution in [1.82, 2.24) is 0 Å². The van der Waals surface area contributed by atoms with Crippen molar-refractivity contribution in [3.8, 4) is 17.6 Å². The van der Waals surface area contributed by atoms with Gasteiger partial charge in [-0.3, -0.25) is 0 Å². The third-order valence-corrected chi connectivity index (χ3v) is 2.72. The summed E-state index contributed by atoms with van der Waals surface area (Å²) in [5, 5.41) is 9.19. The Kier molecular flexibility index (Phi) is 5.73. The lowest BCUT2D eigenvalue weighted by molar-refractivity contribution is 0.290. The SMILES string of the molecule is COc1cc(CBr)ccc1OCCCC#N. The van der Waals surface area contributed by atoms with Gasteiger partial charge in [0, 0.05) is 11.8 Å².